The summed E-state index contributed by atoms with van der Waals surface area (Å²) in [7, 11) is 0. The minimum absolute atomic E-state index is 0.759. The third-order valence-corrected chi connectivity index (χ3v) is 3.50. The lowest BCUT2D eigenvalue weighted by molar-refractivity contribution is 1.25. The van der Waals surface area contributed by atoms with Crippen molar-refractivity contribution in [3.8, 4) is 11.1 Å². The van der Waals surface area contributed by atoms with Crippen molar-refractivity contribution in [3.63, 3.8) is 0 Å². The van der Waals surface area contributed by atoms with E-state index in [-0.39, 0.29) is 0 Å². The lowest BCUT2D eigenvalue weighted by Gasteiger charge is -2.09. The van der Waals surface area contributed by atoms with Gasteiger partial charge in [-0.3, -0.25) is 4.98 Å². The van der Waals surface area contributed by atoms with E-state index in [4.69, 9.17) is 11.6 Å². The van der Waals surface area contributed by atoms with Crippen molar-refractivity contribution >= 4 is 22.5 Å². The molecule has 0 spiro atoms. The van der Waals surface area contributed by atoms with Gasteiger partial charge in [0.25, 0.3) is 0 Å². The summed E-state index contributed by atoms with van der Waals surface area (Å²) in [6.45, 7) is 4.13. The van der Waals surface area contributed by atoms with Crippen molar-refractivity contribution in [1.29, 1.82) is 0 Å². The van der Waals surface area contributed by atoms with E-state index in [0.29, 0.717) is 0 Å². The van der Waals surface area contributed by atoms with Gasteiger partial charge in [0.15, 0.2) is 0 Å². The molecule has 0 atom stereocenters. The predicted octanol–water partition coefficient (Wildman–Crippen LogP) is 5.17. The molecular weight excluding hydrogens is 254 g/mol. The molecule has 0 bridgehead atoms. The number of benzene rings is 2. The van der Waals surface area contributed by atoms with E-state index in [2.05, 4.69) is 48.3 Å². The molecule has 0 radical (unpaired) electrons. The van der Waals surface area contributed by atoms with Crippen molar-refractivity contribution in [2.45, 2.75) is 13.8 Å². The van der Waals surface area contributed by atoms with Crippen LogP contribution in [0.4, 0.5) is 0 Å². The van der Waals surface area contributed by atoms with E-state index in [0.717, 1.165) is 16.2 Å². The highest BCUT2D eigenvalue weighted by atomic mass is 35.5. The quantitative estimate of drug-likeness (QED) is 0.593. The summed E-state index contributed by atoms with van der Waals surface area (Å²) < 4.78 is 0. The molecule has 0 aliphatic heterocycles. The number of aryl methyl sites for hydroxylation is 2. The van der Waals surface area contributed by atoms with Gasteiger partial charge in [0.05, 0.1) is 5.52 Å². The third-order valence-electron chi connectivity index (χ3n) is 3.25. The molecule has 2 aromatic carbocycles. The molecule has 0 N–H and O–H groups in total. The Hall–Kier alpha value is -1.86. The van der Waals surface area contributed by atoms with Crippen LogP contribution in [-0.4, -0.2) is 4.98 Å². The first-order valence-corrected chi connectivity index (χ1v) is 6.65. The summed E-state index contributed by atoms with van der Waals surface area (Å²) in [5.74, 6) is 0. The van der Waals surface area contributed by atoms with Crippen LogP contribution in [0.15, 0.2) is 48.5 Å². The van der Waals surface area contributed by atoms with E-state index in [1.54, 1.807) is 0 Å². The molecule has 0 aliphatic carbocycles. The Morgan fingerprint density at radius 1 is 0.895 bits per heavy atom. The SMILES string of the molecule is Cc1ccc2nc(C)cc(-c3ccc(Cl)cc3)c2c1. The van der Waals surface area contributed by atoms with Crippen LogP contribution in [0.25, 0.3) is 22.0 Å². The largest absolute Gasteiger partial charge is 0.253 e. The molecule has 0 amide bonds. The first-order valence-electron chi connectivity index (χ1n) is 6.27. The Balaban J connectivity index is 2.32. The van der Waals surface area contributed by atoms with E-state index in [1.165, 1.54) is 22.1 Å². The fourth-order valence-electron chi connectivity index (χ4n) is 2.34. The van der Waals surface area contributed by atoms with Crippen molar-refractivity contribution < 1.29 is 0 Å². The molecule has 3 rings (SSSR count). The Kier molecular flexibility index (Phi) is 3.00. The van der Waals surface area contributed by atoms with E-state index in [1.807, 2.05) is 19.1 Å². The second-order valence-corrected chi connectivity index (χ2v) is 5.28. The van der Waals surface area contributed by atoms with Gasteiger partial charge in [-0.25, -0.2) is 0 Å². The first kappa shape index (κ1) is 12.2. The molecule has 19 heavy (non-hydrogen) atoms. The average molecular weight is 268 g/mol. The van der Waals surface area contributed by atoms with Gasteiger partial charge in [-0.15, -0.1) is 0 Å². The van der Waals surface area contributed by atoms with Crippen LogP contribution in [0.5, 0.6) is 0 Å². The van der Waals surface area contributed by atoms with Gasteiger partial charge in [0, 0.05) is 16.1 Å². The lowest BCUT2D eigenvalue weighted by Crippen LogP contribution is -1.89. The van der Waals surface area contributed by atoms with Gasteiger partial charge in [-0.2, -0.15) is 0 Å². The Bertz CT molecular complexity index is 745. The summed E-state index contributed by atoms with van der Waals surface area (Å²) in [5.41, 5.74) is 5.69. The monoisotopic (exact) mass is 267 g/mol. The second kappa shape index (κ2) is 4.67. The maximum Gasteiger partial charge on any atom is 0.0711 e. The zero-order chi connectivity index (χ0) is 13.4. The summed E-state index contributed by atoms with van der Waals surface area (Å²) in [6, 6.07) is 16.5. The number of nitrogens with zero attached hydrogens (tertiary/aromatic N) is 1. The van der Waals surface area contributed by atoms with Gasteiger partial charge in [-0.05, 0) is 55.3 Å². The van der Waals surface area contributed by atoms with Crippen LogP contribution >= 0.6 is 11.6 Å². The molecule has 2 heteroatoms. The maximum atomic E-state index is 5.96. The average Bonchev–Trinajstić information content (AvgIpc) is 2.39. The zero-order valence-corrected chi connectivity index (χ0v) is 11.7. The number of aromatic nitrogens is 1. The molecule has 0 aliphatic rings. The van der Waals surface area contributed by atoms with Crippen molar-refractivity contribution in [2.75, 3.05) is 0 Å². The molecular formula is C17H14ClN. The van der Waals surface area contributed by atoms with E-state index in [9.17, 15) is 0 Å². The highest BCUT2D eigenvalue weighted by molar-refractivity contribution is 6.30. The maximum absolute atomic E-state index is 5.96. The topological polar surface area (TPSA) is 12.9 Å². The number of hydrogen-bond donors (Lipinski definition) is 0. The van der Waals surface area contributed by atoms with E-state index >= 15 is 0 Å². The molecule has 0 fully saturated rings. The molecule has 3 aromatic rings. The molecule has 0 saturated heterocycles. The Morgan fingerprint density at radius 3 is 2.37 bits per heavy atom. The van der Waals surface area contributed by atoms with Crippen molar-refractivity contribution in [3.05, 3.63) is 64.8 Å². The van der Waals surface area contributed by atoms with Crippen LogP contribution in [0.2, 0.25) is 5.02 Å². The van der Waals surface area contributed by atoms with Gasteiger partial charge < -0.3 is 0 Å². The summed E-state index contributed by atoms with van der Waals surface area (Å²) in [4.78, 5) is 4.59. The predicted molar refractivity (Wildman–Crippen MR) is 81.7 cm³/mol. The van der Waals surface area contributed by atoms with Crippen LogP contribution < -0.4 is 0 Å². The minimum Gasteiger partial charge on any atom is -0.253 e. The fourth-order valence-corrected chi connectivity index (χ4v) is 2.47. The van der Waals surface area contributed by atoms with Crippen molar-refractivity contribution in [1.82, 2.24) is 4.98 Å². The van der Waals surface area contributed by atoms with Gasteiger partial charge >= 0.3 is 0 Å². The normalized spacial score (nSPS) is 10.9. The highest BCUT2D eigenvalue weighted by Crippen LogP contribution is 2.30. The van der Waals surface area contributed by atoms with Gasteiger partial charge in [0.2, 0.25) is 0 Å². The third kappa shape index (κ3) is 2.34. The number of fused-ring (bicyclic) bond motifs is 1. The number of hydrogen-bond acceptors (Lipinski definition) is 1. The molecule has 1 heterocycles. The molecule has 94 valence electrons. The number of rotatable bonds is 1. The fraction of sp³-hybridized carbons (Fsp3) is 0.118. The first-order chi connectivity index (χ1) is 9.13. The molecule has 1 aromatic heterocycles. The van der Waals surface area contributed by atoms with Gasteiger partial charge in [0.1, 0.15) is 0 Å². The van der Waals surface area contributed by atoms with Crippen LogP contribution in [0, 0.1) is 13.8 Å². The Labute approximate surface area is 117 Å². The second-order valence-electron chi connectivity index (χ2n) is 4.84. The number of halogens is 1. The highest BCUT2D eigenvalue weighted by Gasteiger charge is 2.06. The zero-order valence-electron chi connectivity index (χ0n) is 10.9. The molecule has 1 nitrogen and oxygen atoms in total. The lowest BCUT2D eigenvalue weighted by atomic mass is 9.99. The number of pyridine rings is 1. The Morgan fingerprint density at radius 2 is 1.63 bits per heavy atom. The minimum atomic E-state index is 0.759. The summed E-state index contributed by atoms with van der Waals surface area (Å²) in [5, 5.41) is 1.95. The summed E-state index contributed by atoms with van der Waals surface area (Å²) in [6.07, 6.45) is 0. The molecule has 0 unspecified atom stereocenters. The summed E-state index contributed by atoms with van der Waals surface area (Å²) >= 11 is 5.96. The van der Waals surface area contributed by atoms with Crippen LogP contribution in [0.3, 0.4) is 0 Å². The van der Waals surface area contributed by atoms with E-state index < -0.39 is 0 Å². The standard InChI is InChI=1S/C17H14ClN/c1-11-3-8-17-16(9-11)15(10-12(2)19-17)13-4-6-14(18)7-5-13/h3-10H,1-2H3. The van der Waals surface area contributed by atoms with Gasteiger partial charge in [-0.1, -0.05) is 35.4 Å². The van der Waals surface area contributed by atoms with Crippen LogP contribution in [-0.2, 0) is 0 Å². The smallest absolute Gasteiger partial charge is 0.0711 e. The molecule has 0 saturated carbocycles. The van der Waals surface area contributed by atoms with Crippen molar-refractivity contribution in [2.24, 2.45) is 0 Å². The van der Waals surface area contributed by atoms with Crippen LogP contribution in [0.1, 0.15) is 11.3 Å².